The van der Waals surface area contributed by atoms with Gasteiger partial charge >= 0.3 is 0 Å². The molecular formula is C15H28N2S. The van der Waals surface area contributed by atoms with Gasteiger partial charge in [-0.2, -0.15) is 0 Å². The lowest BCUT2D eigenvalue weighted by Crippen LogP contribution is -2.35. The smallest absolute Gasteiger partial charge is 0.157 e. The van der Waals surface area contributed by atoms with E-state index in [0.717, 1.165) is 5.92 Å². The molecule has 0 bridgehead atoms. The van der Waals surface area contributed by atoms with Crippen molar-refractivity contribution < 1.29 is 0 Å². The first kappa shape index (κ1) is 14.2. The van der Waals surface area contributed by atoms with Gasteiger partial charge in [0.1, 0.15) is 0 Å². The highest BCUT2D eigenvalue weighted by Crippen LogP contribution is 2.35. The van der Waals surface area contributed by atoms with Crippen molar-refractivity contribution in [3.8, 4) is 0 Å². The maximum Gasteiger partial charge on any atom is 0.157 e. The SMILES string of the molecule is CCCCCCC(C)NC1=NC2CCCC2CS1. The Labute approximate surface area is 116 Å². The summed E-state index contributed by atoms with van der Waals surface area (Å²) in [5.74, 6) is 2.17. The second kappa shape index (κ2) is 7.42. The Morgan fingerprint density at radius 1 is 1.33 bits per heavy atom. The first-order valence-electron chi connectivity index (χ1n) is 7.76. The topological polar surface area (TPSA) is 24.4 Å². The number of nitrogens with one attached hydrogen (secondary N) is 1. The van der Waals surface area contributed by atoms with Crippen LogP contribution in [0.15, 0.2) is 4.99 Å². The van der Waals surface area contributed by atoms with E-state index in [-0.39, 0.29) is 0 Å². The predicted octanol–water partition coefficient (Wildman–Crippen LogP) is 4.21. The van der Waals surface area contributed by atoms with Crippen molar-refractivity contribution in [2.45, 2.75) is 77.3 Å². The monoisotopic (exact) mass is 268 g/mol. The quantitative estimate of drug-likeness (QED) is 0.730. The number of aliphatic imine (C=N–C) groups is 1. The Balaban J connectivity index is 1.69. The molecule has 1 heterocycles. The van der Waals surface area contributed by atoms with Gasteiger partial charge in [-0.1, -0.05) is 50.8 Å². The minimum atomic E-state index is 0.589. The first-order chi connectivity index (χ1) is 8.79. The van der Waals surface area contributed by atoms with Gasteiger partial charge in [0.15, 0.2) is 5.17 Å². The van der Waals surface area contributed by atoms with Gasteiger partial charge in [-0.25, -0.2) is 0 Å². The summed E-state index contributed by atoms with van der Waals surface area (Å²) in [4.78, 5) is 4.90. The Morgan fingerprint density at radius 2 is 2.22 bits per heavy atom. The molecular weight excluding hydrogens is 240 g/mol. The molecule has 1 aliphatic heterocycles. The zero-order valence-electron chi connectivity index (χ0n) is 12.0. The van der Waals surface area contributed by atoms with Crippen molar-refractivity contribution in [3.63, 3.8) is 0 Å². The van der Waals surface area contributed by atoms with E-state index >= 15 is 0 Å². The normalized spacial score (nSPS) is 28.7. The van der Waals surface area contributed by atoms with E-state index in [0.29, 0.717) is 12.1 Å². The molecule has 2 nitrogen and oxygen atoms in total. The molecule has 1 fully saturated rings. The second-order valence-corrected chi connectivity index (χ2v) is 6.91. The summed E-state index contributed by atoms with van der Waals surface area (Å²) in [7, 11) is 0. The van der Waals surface area contributed by atoms with Crippen LogP contribution in [0.5, 0.6) is 0 Å². The number of fused-ring (bicyclic) bond motifs is 1. The van der Waals surface area contributed by atoms with Crippen LogP contribution in [-0.4, -0.2) is 23.0 Å². The van der Waals surface area contributed by atoms with Crippen LogP contribution in [0.1, 0.15) is 65.2 Å². The molecule has 104 valence electrons. The van der Waals surface area contributed by atoms with Crippen LogP contribution in [-0.2, 0) is 0 Å². The van der Waals surface area contributed by atoms with Gasteiger partial charge in [0.2, 0.25) is 0 Å². The maximum atomic E-state index is 4.90. The van der Waals surface area contributed by atoms with Crippen LogP contribution in [0, 0.1) is 5.92 Å². The van der Waals surface area contributed by atoms with Crippen molar-refractivity contribution in [1.29, 1.82) is 0 Å². The van der Waals surface area contributed by atoms with Gasteiger partial charge in [0.25, 0.3) is 0 Å². The third-order valence-corrected chi connectivity index (χ3v) is 5.29. The fraction of sp³-hybridized carbons (Fsp3) is 0.933. The van der Waals surface area contributed by atoms with E-state index in [2.05, 4.69) is 19.2 Å². The summed E-state index contributed by atoms with van der Waals surface area (Å²) >= 11 is 1.95. The molecule has 18 heavy (non-hydrogen) atoms. The number of unbranched alkanes of at least 4 members (excludes halogenated alkanes) is 3. The van der Waals surface area contributed by atoms with E-state index in [9.17, 15) is 0 Å². The zero-order chi connectivity index (χ0) is 12.8. The molecule has 1 N–H and O–H groups in total. The largest absolute Gasteiger partial charge is 0.362 e. The molecule has 0 amide bonds. The Bertz CT molecular complexity index is 278. The summed E-state index contributed by atoms with van der Waals surface area (Å²) in [5, 5.41) is 4.84. The van der Waals surface area contributed by atoms with E-state index in [4.69, 9.17) is 4.99 Å². The highest BCUT2D eigenvalue weighted by Gasteiger charge is 2.31. The van der Waals surface area contributed by atoms with Gasteiger partial charge in [-0.15, -0.1) is 0 Å². The maximum absolute atomic E-state index is 4.90. The minimum absolute atomic E-state index is 0.589. The van der Waals surface area contributed by atoms with Gasteiger partial charge < -0.3 is 5.32 Å². The molecule has 1 aliphatic carbocycles. The Morgan fingerprint density at radius 3 is 3.06 bits per heavy atom. The lowest BCUT2D eigenvalue weighted by atomic mass is 10.1. The van der Waals surface area contributed by atoms with Crippen molar-refractivity contribution in [2.24, 2.45) is 10.9 Å². The number of rotatable bonds is 6. The molecule has 1 saturated carbocycles. The molecule has 0 aromatic carbocycles. The summed E-state index contributed by atoms with van der Waals surface area (Å²) in [6.45, 7) is 4.57. The summed E-state index contributed by atoms with van der Waals surface area (Å²) in [5.41, 5.74) is 0. The molecule has 0 radical (unpaired) electrons. The third-order valence-electron chi connectivity index (χ3n) is 4.20. The van der Waals surface area contributed by atoms with E-state index in [1.165, 1.54) is 62.3 Å². The molecule has 0 saturated heterocycles. The molecule has 0 spiro atoms. The number of amidine groups is 1. The molecule has 0 aromatic rings. The number of hydrogen-bond donors (Lipinski definition) is 1. The summed E-state index contributed by atoms with van der Waals surface area (Å²) in [6, 6.07) is 1.23. The standard InChI is InChI=1S/C15H28N2S/c1-3-4-5-6-8-12(2)16-15-17-14-10-7-9-13(14)11-18-15/h12-14H,3-11H2,1-2H3,(H,16,17). The van der Waals surface area contributed by atoms with Crippen molar-refractivity contribution in [2.75, 3.05) is 5.75 Å². The van der Waals surface area contributed by atoms with Crippen molar-refractivity contribution in [1.82, 2.24) is 5.32 Å². The van der Waals surface area contributed by atoms with Gasteiger partial charge in [0, 0.05) is 11.8 Å². The average Bonchev–Trinajstić information content (AvgIpc) is 2.82. The van der Waals surface area contributed by atoms with Gasteiger partial charge in [0.05, 0.1) is 6.04 Å². The molecule has 2 aliphatic rings. The van der Waals surface area contributed by atoms with Crippen LogP contribution in [0.4, 0.5) is 0 Å². The first-order valence-corrected chi connectivity index (χ1v) is 8.75. The fourth-order valence-corrected chi connectivity index (χ4v) is 4.25. The minimum Gasteiger partial charge on any atom is -0.362 e. The van der Waals surface area contributed by atoms with Crippen LogP contribution >= 0.6 is 11.8 Å². The van der Waals surface area contributed by atoms with Crippen LogP contribution in [0.2, 0.25) is 0 Å². The summed E-state index contributed by atoms with van der Waals surface area (Å²) < 4.78 is 0. The highest BCUT2D eigenvalue weighted by atomic mass is 32.2. The Hall–Kier alpha value is -0.180. The van der Waals surface area contributed by atoms with Crippen LogP contribution in [0.3, 0.4) is 0 Å². The molecule has 0 aromatic heterocycles. The number of thioether (sulfide) groups is 1. The van der Waals surface area contributed by atoms with E-state index < -0.39 is 0 Å². The fourth-order valence-electron chi connectivity index (χ4n) is 2.99. The highest BCUT2D eigenvalue weighted by molar-refractivity contribution is 8.13. The lowest BCUT2D eigenvalue weighted by molar-refractivity contribution is 0.520. The lowest BCUT2D eigenvalue weighted by Gasteiger charge is -2.25. The predicted molar refractivity (Wildman–Crippen MR) is 82.4 cm³/mol. The van der Waals surface area contributed by atoms with Gasteiger partial charge in [-0.05, 0) is 32.1 Å². The molecule has 3 atom stereocenters. The average molecular weight is 268 g/mol. The Kier molecular flexibility index (Phi) is 5.87. The molecule has 2 rings (SSSR count). The van der Waals surface area contributed by atoms with Crippen molar-refractivity contribution in [3.05, 3.63) is 0 Å². The van der Waals surface area contributed by atoms with Crippen molar-refractivity contribution >= 4 is 16.9 Å². The van der Waals surface area contributed by atoms with E-state index in [1.54, 1.807) is 0 Å². The summed E-state index contributed by atoms with van der Waals surface area (Å²) in [6.07, 6.45) is 10.8. The molecule has 3 heteroatoms. The third kappa shape index (κ3) is 4.18. The zero-order valence-corrected chi connectivity index (χ0v) is 12.8. The number of hydrogen-bond acceptors (Lipinski definition) is 3. The van der Waals surface area contributed by atoms with E-state index in [1.807, 2.05) is 11.8 Å². The van der Waals surface area contributed by atoms with Crippen LogP contribution < -0.4 is 5.32 Å². The van der Waals surface area contributed by atoms with Crippen LogP contribution in [0.25, 0.3) is 0 Å². The molecule has 3 unspecified atom stereocenters. The van der Waals surface area contributed by atoms with Gasteiger partial charge in [-0.3, -0.25) is 4.99 Å². The number of nitrogens with zero attached hydrogens (tertiary/aromatic N) is 1. The second-order valence-electron chi connectivity index (χ2n) is 5.90.